The van der Waals surface area contributed by atoms with Crippen LogP contribution in [0.15, 0.2) is 24.3 Å². The van der Waals surface area contributed by atoms with E-state index < -0.39 is 4.92 Å². The molecular weight excluding hydrogens is 270 g/mol. The minimum atomic E-state index is -0.451. The summed E-state index contributed by atoms with van der Waals surface area (Å²) in [6, 6.07) is 6.46. The minimum absolute atomic E-state index is 0. The molecule has 19 heavy (non-hydrogen) atoms. The normalized spacial score (nSPS) is 14.2. The number of nitro benzene ring substituents is 1. The molecule has 0 aromatic heterocycles. The summed E-state index contributed by atoms with van der Waals surface area (Å²) in [5, 5.41) is 13.7. The van der Waals surface area contributed by atoms with Gasteiger partial charge in [-0.2, -0.15) is 0 Å². The number of nitro groups is 1. The zero-order valence-electron chi connectivity index (χ0n) is 10.5. The molecule has 1 aromatic carbocycles. The van der Waals surface area contributed by atoms with Crippen LogP contribution in [0.5, 0.6) is 0 Å². The predicted octanol–water partition coefficient (Wildman–Crippen LogP) is 0.989. The number of carbonyl (C=O) groups excluding carboxylic acids is 1. The predicted molar refractivity (Wildman–Crippen MR) is 73.5 cm³/mol. The van der Waals surface area contributed by atoms with Crippen molar-refractivity contribution in [2.24, 2.45) is 0 Å². The first-order chi connectivity index (χ1) is 8.58. The summed E-state index contributed by atoms with van der Waals surface area (Å²) in [6.07, 6.45) is 0.203. The van der Waals surface area contributed by atoms with Gasteiger partial charge in [0.2, 0.25) is 5.91 Å². The Labute approximate surface area is 117 Å². The highest BCUT2D eigenvalue weighted by Gasteiger charge is 2.25. The number of nitrogens with one attached hydrogen (secondary N) is 1. The van der Waals surface area contributed by atoms with Crippen molar-refractivity contribution in [1.82, 2.24) is 10.2 Å². The first-order valence-corrected chi connectivity index (χ1v) is 5.77. The summed E-state index contributed by atoms with van der Waals surface area (Å²) in [5.74, 6) is -0.0120. The molecule has 0 unspecified atom stereocenters. The molecule has 2 rings (SSSR count). The number of halogens is 1. The number of nitrogens with zero attached hydrogens (tertiary/aromatic N) is 2. The molecule has 0 atom stereocenters. The summed E-state index contributed by atoms with van der Waals surface area (Å²) in [4.78, 5) is 23.8. The maximum atomic E-state index is 12.0. The zero-order chi connectivity index (χ0) is 13.1. The second-order valence-electron chi connectivity index (χ2n) is 4.42. The van der Waals surface area contributed by atoms with Gasteiger partial charge in [0.15, 0.2) is 0 Å². The zero-order valence-corrected chi connectivity index (χ0v) is 11.4. The van der Waals surface area contributed by atoms with Crippen LogP contribution in [0.25, 0.3) is 0 Å². The van der Waals surface area contributed by atoms with Gasteiger partial charge in [0, 0.05) is 32.3 Å². The molecule has 6 nitrogen and oxygen atoms in total. The van der Waals surface area contributed by atoms with Crippen molar-refractivity contribution in [2.45, 2.75) is 12.5 Å². The van der Waals surface area contributed by atoms with E-state index in [-0.39, 0.29) is 36.5 Å². The Balaban J connectivity index is 0.00000180. The molecule has 1 N–H and O–H groups in total. The number of benzene rings is 1. The first kappa shape index (κ1) is 15.4. The Hall–Kier alpha value is -1.66. The van der Waals surface area contributed by atoms with Gasteiger partial charge in [-0.05, 0) is 5.56 Å². The standard InChI is InChI=1S/C12H15N3O3.ClH/c1-14(11-7-13-8-11)12(16)6-9-3-2-4-10(5-9)15(17)18;/h2-5,11,13H,6-8H2,1H3;1H. The van der Waals surface area contributed by atoms with Gasteiger partial charge in [0.1, 0.15) is 0 Å². The van der Waals surface area contributed by atoms with E-state index in [0.717, 1.165) is 13.1 Å². The van der Waals surface area contributed by atoms with Crippen molar-refractivity contribution in [2.75, 3.05) is 20.1 Å². The van der Waals surface area contributed by atoms with Gasteiger partial charge >= 0.3 is 0 Å². The second kappa shape index (κ2) is 6.49. The monoisotopic (exact) mass is 285 g/mol. The highest BCUT2D eigenvalue weighted by atomic mass is 35.5. The van der Waals surface area contributed by atoms with Gasteiger partial charge in [-0.25, -0.2) is 0 Å². The lowest BCUT2D eigenvalue weighted by Crippen LogP contribution is -2.57. The van der Waals surface area contributed by atoms with Crippen molar-refractivity contribution in [3.8, 4) is 0 Å². The average Bonchev–Trinajstić information content (AvgIpc) is 2.26. The number of amides is 1. The van der Waals surface area contributed by atoms with E-state index in [1.807, 2.05) is 0 Å². The summed E-state index contributed by atoms with van der Waals surface area (Å²) >= 11 is 0. The van der Waals surface area contributed by atoms with Gasteiger partial charge < -0.3 is 10.2 Å². The van der Waals surface area contributed by atoms with Crippen LogP contribution in [-0.2, 0) is 11.2 Å². The van der Waals surface area contributed by atoms with Crippen LogP contribution >= 0.6 is 12.4 Å². The molecule has 1 aliphatic heterocycles. The van der Waals surface area contributed by atoms with E-state index in [2.05, 4.69) is 5.32 Å². The molecule has 7 heteroatoms. The largest absolute Gasteiger partial charge is 0.340 e. The van der Waals surface area contributed by atoms with Crippen LogP contribution in [0.3, 0.4) is 0 Å². The third kappa shape index (κ3) is 3.65. The Morgan fingerprint density at radius 1 is 1.53 bits per heavy atom. The van der Waals surface area contributed by atoms with Gasteiger partial charge in [-0.1, -0.05) is 12.1 Å². The number of non-ortho nitro benzene ring substituents is 1. The van der Waals surface area contributed by atoms with Crippen LogP contribution in [-0.4, -0.2) is 41.9 Å². The number of hydrogen-bond donors (Lipinski definition) is 1. The van der Waals surface area contributed by atoms with Crippen LogP contribution in [0.4, 0.5) is 5.69 Å². The van der Waals surface area contributed by atoms with E-state index in [0.29, 0.717) is 5.56 Å². The molecule has 0 saturated carbocycles. The van der Waals surface area contributed by atoms with Crippen molar-refractivity contribution in [3.05, 3.63) is 39.9 Å². The van der Waals surface area contributed by atoms with Crippen LogP contribution < -0.4 is 5.32 Å². The summed E-state index contributed by atoms with van der Waals surface area (Å²) in [5.41, 5.74) is 0.696. The lowest BCUT2D eigenvalue weighted by Gasteiger charge is -2.35. The highest BCUT2D eigenvalue weighted by molar-refractivity contribution is 5.85. The van der Waals surface area contributed by atoms with Crippen LogP contribution in [0.2, 0.25) is 0 Å². The topological polar surface area (TPSA) is 75.5 Å². The molecule has 1 aromatic rings. The maximum absolute atomic E-state index is 12.0. The third-order valence-corrected chi connectivity index (χ3v) is 3.18. The lowest BCUT2D eigenvalue weighted by molar-refractivity contribution is -0.384. The van der Waals surface area contributed by atoms with Gasteiger partial charge in [0.25, 0.3) is 5.69 Å². The Kier molecular flexibility index (Phi) is 5.26. The Morgan fingerprint density at radius 2 is 2.21 bits per heavy atom. The molecule has 0 radical (unpaired) electrons. The van der Waals surface area contributed by atoms with Gasteiger partial charge in [0.05, 0.1) is 17.4 Å². The number of rotatable bonds is 4. The van der Waals surface area contributed by atoms with E-state index in [1.165, 1.54) is 12.1 Å². The molecule has 1 saturated heterocycles. The minimum Gasteiger partial charge on any atom is -0.340 e. The lowest BCUT2D eigenvalue weighted by atomic mass is 10.1. The molecule has 0 aliphatic carbocycles. The fraction of sp³-hybridized carbons (Fsp3) is 0.417. The third-order valence-electron chi connectivity index (χ3n) is 3.18. The fourth-order valence-electron chi connectivity index (χ4n) is 1.83. The van der Waals surface area contributed by atoms with E-state index in [4.69, 9.17) is 0 Å². The number of carbonyl (C=O) groups is 1. The van der Waals surface area contributed by atoms with Gasteiger partial charge in [-0.15, -0.1) is 12.4 Å². The van der Waals surface area contributed by atoms with Crippen molar-refractivity contribution >= 4 is 24.0 Å². The van der Waals surface area contributed by atoms with Crippen LogP contribution in [0, 0.1) is 10.1 Å². The molecule has 0 bridgehead atoms. The molecule has 1 heterocycles. The first-order valence-electron chi connectivity index (χ1n) is 5.77. The fourth-order valence-corrected chi connectivity index (χ4v) is 1.83. The molecule has 0 spiro atoms. The van der Waals surface area contributed by atoms with Gasteiger partial charge in [-0.3, -0.25) is 14.9 Å². The summed E-state index contributed by atoms with van der Waals surface area (Å²) in [6.45, 7) is 1.63. The summed E-state index contributed by atoms with van der Waals surface area (Å²) in [7, 11) is 1.77. The molecule has 1 amide bonds. The Morgan fingerprint density at radius 3 is 2.74 bits per heavy atom. The Bertz CT molecular complexity index is 477. The van der Waals surface area contributed by atoms with Crippen LogP contribution in [0.1, 0.15) is 5.56 Å². The van der Waals surface area contributed by atoms with Crippen molar-refractivity contribution in [1.29, 1.82) is 0 Å². The quantitative estimate of drug-likeness (QED) is 0.661. The number of hydrogen-bond acceptors (Lipinski definition) is 4. The second-order valence-corrected chi connectivity index (χ2v) is 4.42. The SMILES string of the molecule is CN(C(=O)Cc1cccc([N+](=O)[O-])c1)C1CNC1.Cl. The van der Waals surface area contributed by atoms with Crippen molar-refractivity contribution < 1.29 is 9.72 Å². The van der Waals surface area contributed by atoms with Crippen molar-refractivity contribution in [3.63, 3.8) is 0 Å². The number of likely N-dealkylation sites (N-methyl/N-ethyl adjacent to an activating group) is 1. The van der Waals surface area contributed by atoms with E-state index >= 15 is 0 Å². The maximum Gasteiger partial charge on any atom is 0.269 e. The molecular formula is C12H16ClN3O3. The smallest absolute Gasteiger partial charge is 0.269 e. The summed E-state index contributed by atoms with van der Waals surface area (Å²) < 4.78 is 0. The average molecular weight is 286 g/mol. The highest BCUT2D eigenvalue weighted by Crippen LogP contribution is 2.14. The van der Waals surface area contributed by atoms with E-state index in [9.17, 15) is 14.9 Å². The molecule has 104 valence electrons. The molecule has 1 aliphatic rings. The molecule has 1 fully saturated rings. The van der Waals surface area contributed by atoms with E-state index in [1.54, 1.807) is 24.1 Å².